The van der Waals surface area contributed by atoms with Crippen molar-refractivity contribution in [2.24, 2.45) is 0 Å². The molecule has 5 heavy (non-hydrogen) atoms. The first-order valence-corrected chi connectivity index (χ1v) is 1.36. The van der Waals surface area contributed by atoms with E-state index in [0.29, 0.717) is 19.8 Å². The van der Waals surface area contributed by atoms with E-state index >= 15 is 0 Å². The van der Waals surface area contributed by atoms with Gasteiger partial charge in [0.05, 0.1) is 0 Å². The summed E-state index contributed by atoms with van der Waals surface area (Å²) in [6, 6.07) is 0. The summed E-state index contributed by atoms with van der Waals surface area (Å²) in [5.74, 6) is 0. The molecule has 0 unspecified atom stereocenters. The number of hydrogen-bond donors (Lipinski definition) is 0. The second-order valence-electron chi connectivity index (χ2n) is 0. The van der Waals surface area contributed by atoms with Crippen molar-refractivity contribution in [1.29, 1.82) is 0 Å². The van der Waals surface area contributed by atoms with Gasteiger partial charge in [0.25, 0.3) is 0 Å². The van der Waals surface area contributed by atoms with Crippen LogP contribution in [-0.2, 0) is 40.2 Å². The molecule has 0 aromatic heterocycles. The van der Waals surface area contributed by atoms with Gasteiger partial charge in [0.15, 0.2) is 0 Å². The van der Waals surface area contributed by atoms with E-state index in [0.717, 1.165) is 0 Å². The Morgan fingerprint density at radius 1 is 1.20 bits per heavy atom. The first-order chi connectivity index (χ1) is 1.00. The van der Waals surface area contributed by atoms with Crippen LogP contribution in [0.1, 0.15) is 0 Å². The van der Waals surface area contributed by atoms with E-state index in [9.17, 15) is 0 Å². The maximum atomic E-state index is 8.33. The molecule has 0 N–H and O–H groups in total. The first kappa shape index (κ1) is 24.0. The summed E-state index contributed by atoms with van der Waals surface area (Å²) in [7, 11) is 0. The molecule has 0 fully saturated rings. The van der Waals surface area contributed by atoms with Crippen molar-refractivity contribution < 1.29 is 80.6 Å². The zero-order valence-corrected chi connectivity index (χ0v) is 12.2. The molecule has 0 aliphatic carbocycles. The maximum absolute atomic E-state index is 8.33. The molecule has 0 atom stereocenters. The van der Waals surface area contributed by atoms with Gasteiger partial charge >= 0.3 is 23.2 Å². The van der Waals surface area contributed by atoms with Gasteiger partial charge in [0.2, 0.25) is 0 Å². The molecular weight excluding hydrogens is 615 g/mol. The van der Waals surface area contributed by atoms with Crippen LogP contribution in [0.5, 0.6) is 0 Å². The average molecular weight is 615 g/mol. The monoisotopic (exact) mass is 617 g/mol. The van der Waals surface area contributed by atoms with Crippen LogP contribution in [0.3, 0.4) is 0 Å². The van der Waals surface area contributed by atoms with Gasteiger partial charge in [-0.25, -0.2) is 0 Å². The molecule has 0 rings (SSSR count). The zero-order valence-electron chi connectivity index (χ0n) is 2.03. The Kier molecular flexibility index (Phi) is 129. The third kappa shape index (κ3) is 19.0. The molecule has 0 saturated heterocycles. The van der Waals surface area contributed by atoms with Crippen molar-refractivity contribution in [3.05, 3.63) is 0 Å². The van der Waals surface area contributed by atoms with Crippen molar-refractivity contribution in [3.63, 3.8) is 0 Å². The summed E-state index contributed by atoms with van der Waals surface area (Å²) < 4.78 is 8.33. The Morgan fingerprint density at radius 3 is 1.20 bits per heavy atom. The molecule has 0 aliphatic rings. The third-order valence-corrected chi connectivity index (χ3v) is 0. The van der Waals surface area contributed by atoms with E-state index in [1.807, 2.05) is 0 Å². The van der Waals surface area contributed by atoms with Gasteiger partial charge in [0.1, 0.15) is 0 Å². The SMILES string of the molecule is [Bi].[Fe].[O]=[W].[Sm]. The molecular formula is BiFeOSmW. The van der Waals surface area contributed by atoms with Gasteiger partial charge < -0.3 is 0 Å². The van der Waals surface area contributed by atoms with Crippen LogP contribution in [0.25, 0.3) is 0 Å². The largest absolute Gasteiger partial charge is 0 e. The van der Waals surface area contributed by atoms with E-state index in [4.69, 9.17) is 3.40 Å². The van der Waals surface area contributed by atoms with Crippen molar-refractivity contribution in [3.8, 4) is 0 Å². The van der Waals surface area contributed by atoms with Crippen molar-refractivity contribution in [2.45, 2.75) is 0 Å². The molecule has 0 aliphatic heterocycles. The van der Waals surface area contributed by atoms with Crippen LogP contribution in [0.15, 0.2) is 0 Å². The second-order valence-corrected chi connectivity index (χ2v) is 0. The minimum absolute atomic E-state index is 0. The summed E-state index contributed by atoms with van der Waals surface area (Å²) in [6.07, 6.45) is 0. The van der Waals surface area contributed by atoms with Gasteiger partial charge in [-0.3, -0.25) is 0 Å². The minimum Gasteiger partial charge on any atom is 0 e. The molecule has 0 amide bonds. The van der Waals surface area contributed by atoms with Crippen LogP contribution in [0.2, 0.25) is 0 Å². The Bertz CT molecular complexity index is 11.6. The zero-order chi connectivity index (χ0) is 2.00. The van der Waals surface area contributed by atoms with Crippen molar-refractivity contribution >= 4 is 26.2 Å². The topological polar surface area (TPSA) is 17.1 Å². The summed E-state index contributed by atoms with van der Waals surface area (Å²) >= 11 is 0.333. The fourth-order valence-electron chi connectivity index (χ4n) is 0. The van der Waals surface area contributed by atoms with Gasteiger partial charge in [-0.2, -0.15) is 0 Å². The van der Waals surface area contributed by atoms with Crippen molar-refractivity contribution in [1.82, 2.24) is 0 Å². The minimum atomic E-state index is 0. The Hall–Kier alpha value is 3.23. The van der Waals surface area contributed by atoms with Gasteiger partial charge in [0, 0.05) is 83.7 Å². The predicted molar refractivity (Wildman–Crippen MR) is 6.44 cm³/mol. The Labute approximate surface area is 104 Å². The van der Waals surface area contributed by atoms with E-state index in [-0.39, 0.29) is 83.7 Å². The average Bonchev–Trinajstić information content (AvgIpc) is 1.00. The van der Waals surface area contributed by atoms with Crippen LogP contribution >= 0.6 is 0 Å². The van der Waals surface area contributed by atoms with Crippen LogP contribution in [0, 0.1) is 40.4 Å². The van der Waals surface area contributed by atoms with E-state index < -0.39 is 0 Å². The van der Waals surface area contributed by atoms with Gasteiger partial charge in [-0.15, -0.1) is 0 Å². The molecule has 0 bridgehead atoms. The number of hydrogen-bond acceptors (Lipinski definition) is 1. The standard InChI is InChI=1S/Bi.Fe.O.Sm.W. The smallest absolute Gasteiger partial charge is 0 e. The Morgan fingerprint density at radius 2 is 1.20 bits per heavy atom. The summed E-state index contributed by atoms with van der Waals surface area (Å²) in [4.78, 5) is 0. The van der Waals surface area contributed by atoms with Crippen LogP contribution < -0.4 is 0 Å². The molecule has 1 nitrogen and oxygen atoms in total. The molecule has 3 radical (unpaired) electrons. The van der Waals surface area contributed by atoms with Crippen molar-refractivity contribution in [2.75, 3.05) is 0 Å². The van der Waals surface area contributed by atoms with Gasteiger partial charge in [-0.05, 0) is 0 Å². The molecule has 31 valence electrons. The molecule has 0 aromatic rings. The second kappa shape index (κ2) is 26.9. The van der Waals surface area contributed by atoms with Gasteiger partial charge in [-0.1, -0.05) is 0 Å². The summed E-state index contributed by atoms with van der Waals surface area (Å²) in [6.45, 7) is 0. The van der Waals surface area contributed by atoms with E-state index in [1.54, 1.807) is 0 Å². The molecule has 0 saturated carbocycles. The fourth-order valence-corrected chi connectivity index (χ4v) is 0. The Balaban J connectivity index is -0.00000000167. The quantitative estimate of drug-likeness (QED) is 0.337. The maximum Gasteiger partial charge on any atom is 0 e. The molecule has 0 heterocycles. The van der Waals surface area contributed by atoms with Crippen LogP contribution in [0.4, 0.5) is 0 Å². The molecule has 5 heteroatoms. The molecule has 0 aromatic carbocycles. The summed E-state index contributed by atoms with van der Waals surface area (Å²) in [5.41, 5.74) is 0. The predicted octanol–water partition coefficient (Wildman–Crippen LogP) is -0.505. The first-order valence-electron chi connectivity index (χ1n) is 0.167. The number of rotatable bonds is 0. The van der Waals surface area contributed by atoms with E-state index in [1.165, 1.54) is 0 Å². The van der Waals surface area contributed by atoms with E-state index in [2.05, 4.69) is 0 Å². The summed E-state index contributed by atoms with van der Waals surface area (Å²) in [5, 5.41) is 0. The molecule has 0 spiro atoms. The van der Waals surface area contributed by atoms with Crippen LogP contribution in [-0.4, -0.2) is 26.2 Å². The normalized spacial score (nSPS) is 0.800. The fraction of sp³-hybridized carbons (Fsp3) is 0. The third-order valence-electron chi connectivity index (χ3n) is 0.